The largest absolute Gasteiger partial charge is 0.478 e. The minimum absolute atomic E-state index is 0.0442. The molecule has 0 aliphatic heterocycles. The Morgan fingerprint density at radius 2 is 1.96 bits per heavy atom. The number of carboxylic acid groups (broad SMARTS) is 1. The normalized spacial score (nSPS) is 10.6. The number of ketones is 1. The second-order valence-electron chi connectivity index (χ2n) is 6.08. The summed E-state index contributed by atoms with van der Waals surface area (Å²) in [4.78, 5) is 27.6. The van der Waals surface area contributed by atoms with Gasteiger partial charge in [-0.1, -0.05) is 18.2 Å². The number of hydrogen-bond acceptors (Lipinski definition) is 4. The van der Waals surface area contributed by atoms with Crippen LogP contribution in [0.4, 0.5) is 9.18 Å². The van der Waals surface area contributed by atoms with Crippen LogP contribution in [0.15, 0.2) is 48.7 Å². The SMILES string of the molecule is CCOc1nccc2c(C(=O)c3ccc(CCNC(=O)O)cc3F)cccc12. The molecule has 0 atom stereocenters. The molecule has 6 nitrogen and oxygen atoms in total. The first-order valence-corrected chi connectivity index (χ1v) is 8.81. The van der Waals surface area contributed by atoms with E-state index in [9.17, 15) is 14.0 Å². The second-order valence-corrected chi connectivity index (χ2v) is 6.08. The number of nitrogens with one attached hydrogen (secondary N) is 1. The van der Waals surface area contributed by atoms with Gasteiger partial charge in [0.25, 0.3) is 0 Å². The molecule has 0 fully saturated rings. The first-order valence-electron chi connectivity index (χ1n) is 8.81. The van der Waals surface area contributed by atoms with E-state index >= 15 is 0 Å². The van der Waals surface area contributed by atoms with Gasteiger partial charge in [0.15, 0.2) is 5.78 Å². The number of aromatic nitrogens is 1. The summed E-state index contributed by atoms with van der Waals surface area (Å²) in [5, 5.41) is 12.1. The fraction of sp³-hybridized carbons (Fsp3) is 0.190. The Bertz CT molecular complexity index is 1040. The van der Waals surface area contributed by atoms with Crippen molar-refractivity contribution >= 4 is 22.6 Å². The van der Waals surface area contributed by atoms with Crippen molar-refractivity contribution in [3.05, 3.63) is 71.2 Å². The summed E-state index contributed by atoms with van der Waals surface area (Å²) in [6.45, 7) is 2.45. The predicted octanol–water partition coefficient (Wildman–Crippen LogP) is 3.81. The lowest BCUT2D eigenvalue weighted by Crippen LogP contribution is -2.23. The molecule has 144 valence electrons. The molecular weight excluding hydrogens is 363 g/mol. The number of ether oxygens (including phenoxy) is 1. The third kappa shape index (κ3) is 4.09. The molecule has 3 rings (SSSR count). The van der Waals surface area contributed by atoms with Crippen LogP contribution in [0.5, 0.6) is 5.88 Å². The van der Waals surface area contributed by atoms with Crippen molar-refractivity contribution in [2.45, 2.75) is 13.3 Å². The number of rotatable bonds is 7. The minimum Gasteiger partial charge on any atom is -0.478 e. The van der Waals surface area contributed by atoms with Crippen molar-refractivity contribution in [3.8, 4) is 5.88 Å². The van der Waals surface area contributed by atoms with Crippen molar-refractivity contribution < 1.29 is 23.8 Å². The number of amides is 1. The van der Waals surface area contributed by atoms with Crippen molar-refractivity contribution in [3.63, 3.8) is 0 Å². The fourth-order valence-electron chi connectivity index (χ4n) is 2.99. The highest BCUT2D eigenvalue weighted by molar-refractivity contribution is 6.17. The van der Waals surface area contributed by atoms with Crippen LogP contribution < -0.4 is 10.1 Å². The summed E-state index contributed by atoms with van der Waals surface area (Å²) >= 11 is 0. The van der Waals surface area contributed by atoms with Gasteiger partial charge >= 0.3 is 6.09 Å². The van der Waals surface area contributed by atoms with Gasteiger partial charge in [-0.2, -0.15) is 0 Å². The summed E-state index contributed by atoms with van der Waals surface area (Å²) in [5.41, 5.74) is 0.917. The van der Waals surface area contributed by atoms with Crippen molar-refractivity contribution in [1.29, 1.82) is 0 Å². The number of benzene rings is 2. The van der Waals surface area contributed by atoms with Crippen LogP contribution in [-0.4, -0.2) is 35.1 Å². The smallest absolute Gasteiger partial charge is 0.404 e. The van der Waals surface area contributed by atoms with Crippen LogP contribution in [-0.2, 0) is 6.42 Å². The number of carbonyl (C=O) groups excluding carboxylic acids is 1. The Hall–Kier alpha value is -3.48. The quantitative estimate of drug-likeness (QED) is 0.607. The molecule has 1 amide bonds. The standard InChI is InChI=1S/C21H19FN2O4/c1-2-28-20-16-5-3-4-15(14(16)9-11-23-20)19(25)17-7-6-13(12-18(17)22)8-10-24-21(26)27/h3-7,9,11-12,24H,2,8,10H2,1H3,(H,26,27). The summed E-state index contributed by atoms with van der Waals surface area (Å²) < 4.78 is 20.1. The Morgan fingerprint density at radius 3 is 2.68 bits per heavy atom. The van der Waals surface area contributed by atoms with E-state index in [-0.39, 0.29) is 12.1 Å². The lowest BCUT2D eigenvalue weighted by molar-refractivity contribution is 0.103. The van der Waals surface area contributed by atoms with Gasteiger partial charge in [0.2, 0.25) is 5.88 Å². The van der Waals surface area contributed by atoms with Gasteiger partial charge in [0, 0.05) is 23.7 Å². The van der Waals surface area contributed by atoms with Gasteiger partial charge in [-0.25, -0.2) is 14.2 Å². The molecule has 0 aliphatic rings. The predicted molar refractivity (Wildman–Crippen MR) is 102 cm³/mol. The van der Waals surface area contributed by atoms with Gasteiger partial charge < -0.3 is 15.2 Å². The summed E-state index contributed by atoms with van der Waals surface area (Å²) in [6, 6.07) is 11.2. The molecule has 0 saturated heterocycles. The van der Waals surface area contributed by atoms with E-state index in [1.165, 1.54) is 12.1 Å². The maximum absolute atomic E-state index is 14.6. The molecule has 1 heterocycles. The third-order valence-electron chi connectivity index (χ3n) is 4.26. The molecule has 1 aromatic heterocycles. The molecule has 2 N–H and O–H groups in total. The van der Waals surface area contributed by atoms with E-state index in [0.29, 0.717) is 40.8 Å². The van der Waals surface area contributed by atoms with Crippen LogP contribution in [0.25, 0.3) is 10.8 Å². The minimum atomic E-state index is -1.14. The highest BCUT2D eigenvalue weighted by Gasteiger charge is 2.18. The van der Waals surface area contributed by atoms with Crippen molar-refractivity contribution in [2.75, 3.05) is 13.2 Å². The zero-order valence-electron chi connectivity index (χ0n) is 15.2. The molecule has 0 aliphatic carbocycles. The van der Waals surface area contributed by atoms with Crippen LogP contribution in [0.1, 0.15) is 28.4 Å². The molecule has 2 aromatic carbocycles. The molecule has 7 heteroatoms. The van der Waals surface area contributed by atoms with E-state index < -0.39 is 17.7 Å². The van der Waals surface area contributed by atoms with Crippen LogP contribution >= 0.6 is 0 Å². The maximum Gasteiger partial charge on any atom is 0.404 e. The number of nitrogens with zero attached hydrogens (tertiary/aromatic N) is 1. The number of hydrogen-bond donors (Lipinski definition) is 2. The summed E-state index contributed by atoms with van der Waals surface area (Å²) in [5.74, 6) is -0.655. The molecule has 0 spiro atoms. The van der Waals surface area contributed by atoms with Gasteiger partial charge in [0.05, 0.1) is 12.2 Å². The summed E-state index contributed by atoms with van der Waals surface area (Å²) in [6.07, 6.45) is 0.748. The van der Waals surface area contributed by atoms with Gasteiger partial charge in [-0.05, 0) is 48.6 Å². The topological polar surface area (TPSA) is 88.5 Å². The highest BCUT2D eigenvalue weighted by Crippen LogP contribution is 2.28. The van der Waals surface area contributed by atoms with Crippen molar-refractivity contribution in [1.82, 2.24) is 10.3 Å². The second kappa shape index (κ2) is 8.47. The zero-order valence-corrected chi connectivity index (χ0v) is 15.2. The molecule has 28 heavy (non-hydrogen) atoms. The van der Waals surface area contributed by atoms with Crippen LogP contribution in [0, 0.1) is 5.82 Å². The monoisotopic (exact) mass is 382 g/mol. The highest BCUT2D eigenvalue weighted by atomic mass is 19.1. The molecule has 0 unspecified atom stereocenters. The Kier molecular flexibility index (Phi) is 5.84. The average molecular weight is 382 g/mol. The third-order valence-corrected chi connectivity index (χ3v) is 4.26. The zero-order chi connectivity index (χ0) is 20.1. The number of fused-ring (bicyclic) bond motifs is 1. The number of pyridine rings is 1. The lowest BCUT2D eigenvalue weighted by atomic mass is 9.96. The fourth-order valence-corrected chi connectivity index (χ4v) is 2.99. The summed E-state index contributed by atoms with van der Waals surface area (Å²) in [7, 11) is 0. The number of halogens is 1. The molecule has 0 bridgehead atoms. The van der Waals surface area contributed by atoms with Crippen LogP contribution in [0.3, 0.4) is 0 Å². The van der Waals surface area contributed by atoms with E-state index in [1.54, 1.807) is 36.5 Å². The van der Waals surface area contributed by atoms with Crippen LogP contribution in [0.2, 0.25) is 0 Å². The van der Waals surface area contributed by atoms with E-state index in [1.807, 2.05) is 6.92 Å². The molecule has 3 aromatic rings. The Morgan fingerprint density at radius 1 is 1.14 bits per heavy atom. The van der Waals surface area contributed by atoms with Crippen molar-refractivity contribution in [2.24, 2.45) is 0 Å². The van der Waals surface area contributed by atoms with Gasteiger partial charge in [-0.15, -0.1) is 0 Å². The first kappa shape index (κ1) is 19.3. The van der Waals surface area contributed by atoms with Gasteiger partial charge in [-0.3, -0.25) is 4.79 Å². The molecule has 0 radical (unpaired) electrons. The first-order chi connectivity index (χ1) is 13.5. The van der Waals surface area contributed by atoms with E-state index in [2.05, 4.69) is 10.3 Å². The molecule has 0 saturated carbocycles. The Labute approximate surface area is 161 Å². The van der Waals surface area contributed by atoms with E-state index in [4.69, 9.17) is 9.84 Å². The maximum atomic E-state index is 14.6. The average Bonchev–Trinajstić information content (AvgIpc) is 2.67. The van der Waals surface area contributed by atoms with E-state index in [0.717, 1.165) is 0 Å². The number of carbonyl (C=O) groups is 2. The van der Waals surface area contributed by atoms with Gasteiger partial charge in [0.1, 0.15) is 5.82 Å². The Balaban J connectivity index is 1.92. The molecular formula is C21H19FN2O4. The lowest BCUT2D eigenvalue weighted by Gasteiger charge is -2.10.